The van der Waals surface area contributed by atoms with E-state index in [-0.39, 0.29) is 25.3 Å². The molecule has 1 heterocycles. The molecule has 1 unspecified atom stereocenters. The normalized spacial score (nSPS) is 18.7. The van der Waals surface area contributed by atoms with Gasteiger partial charge in [0.25, 0.3) is 0 Å². The van der Waals surface area contributed by atoms with Crippen LogP contribution in [0.5, 0.6) is 0 Å². The molecule has 3 rings (SSSR count). The minimum atomic E-state index is -4.46. The highest BCUT2D eigenvalue weighted by Crippen LogP contribution is 2.39. The molecule has 33 heavy (non-hydrogen) atoms. The summed E-state index contributed by atoms with van der Waals surface area (Å²) in [7, 11) is 0. The van der Waals surface area contributed by atoms with Crippen molar-refractivity contribution in [3.8, 4) is 0 Å². The van der Waals surface area contributed by atoms with Crippen molar-refractivity contribution in [3.63, 3.8) is 0 Å². The summed E-state index contributed by atoms with van der Waals surface area (Å²) in [6, 6.07) is 8.71. The number of piperidine rings is 1. The zero-order valence-electron chi connectivity index (χ0n) is 17.8. The van der Waals surface area contributed by atoms with Gasteiger partial charge in [-0.25, -0.2) is 4.79 Å². The number of halogens is 5. The van der Waals surface area contributed by atoms with Gasteiger partial charge in [-0.3, -0.25) is 4.79 Å². The molecule has 0 spiro atoms. The Balaban J connectivity index is 1.81. The maximum absolute atomic E-state index is 13.0. The van der Waals surface area contributed by atoms with Crippen LogP contribution in [0.2, 0.25) is 10.0 Å². The molecule has 1 fully saturated rings. The largest absolute Gasteiger partial charge is 0.466 e. The lowest BCUT2D eigenvalue weighted by Gasteiger charge is -2.41. The Morgan fingerprint density at radius 2 is 1.76 bits per heavy atom. The van der Waals surface area contributed by atoms with Crippen molar-refractivity contribution >= 4 is 40.9 Å². The lowest BCUT2D eigenvalue weighted by atomic mass is 9.75. The fourth-order valence-corrected chi connectivity index (χ4v) is 4.49. The number of amides is 2. The van der Waals surface area contributed by atoms with Crippen LogP contribution in [0.25, 0.3) is 0 Å². The highest BCUT2D eigenvalue weighted by Gasteiger charge is 2.45. The number of hydrogen-bond donors (Lipinski definition) is 1. The molecule has 2 aromatic rings. The number of esters is 1. The first-order chi connectivity index (χ1) is 15.6. The van der Waals surface area contributed by atoms with Gasteiger partial charge in [0.05, 0.1) is 17.6 Å². The number of benzene rings is 2. The quantitative estimate of drug-likeness (QED) is 0.479. The molecule has 5 nitrogen and oxygen atoms in total. The van der Waals surface area contributed by atoms with E-state index in [0.717, 1.165) is 12.1 Å². The Bertz CT molecular complexity index is 995. The Morgan fingerprint density at radius 3 is 2.33 bits per heavy atom. The zero-order chi connectivity index (χ0) is 24.2. The number of nitrogens with one attached hydrogen (secondary N) is 1. The van der Waals surface area contributed by atoms with Gasteiger partial charge in [-0.15, -0.1) is 0 Å². The number of urea groups is 1. The summed E-state index contributed by atoms with van der Waals surface area (Å²) in [5.74, 6) is -0.451. The van der Waals surface area contributed by atoms with Crippen LogP contribution in [0.3, 0.4) is 0 Å². The van der Waals surface area contributed by atoms with Gasteiger partial charge >= 0.3 is 18.2 Å². The smallest absolute Gasteiger partial charge is 0.416 e. The average molecular weight is 503 g/mol. The van der Waals surface area contributed by atoms with E-state index in [1.807, 2.05) is 0 Å². The molecule has 0 aromatic heterocycles. The molecule has 2 amide bonds. The van der Waals surface area contributed by atoms with Crippen molar-refractivity contribution in [1.82, 2.24) is 4.90 Å². The molecule has 178 valence electrons. The van der Waals surface area contributed by atoms with Crippen LogP contribution in [-0.2, 0) is 22.1 Å². The molecule has 10 heteroatoms. The van der Waals surface area contributed by atoms with Gasteiger partial charge in [-0.2, -0.15) is 13.2 Å². The van der Waals surface area contributed by atoms with E-state index in [0.29, 0.717) is 35.0 Å². The number of carbonyl (C=O) groups is 2. The number of carbonyl (C=O) groups excluding carboxylic acids is 2. The number of ether oxygens (including phenoxy) is 1. The van der Waals surface area contributed by atoms with Gasteiger partial charge in [-0.1, -0.05) is 29.3 Å². The number of alkyl halides is 3. The monoisotopic (exact) mass is 502 g/mol. The first kappa shape index (κ1) is 25.2. The average Bonchev–Trinajstić information content (AvgIpc) is 2.76. The summed E-state index contributed by atoms with van der Waals surface area (Å²) in [4.78, 5) is 27.4. The molecule has 1 saturated heterocycles. The van der Waals surface area contributed by atoms with Crippen LogP contribution in [0.4, 0.5) is 23.7 Å². The summed E-state index contributed by atoms with van der Waals surface area (Å²) in [5, 5.41) is 3.43. The Labute approximate surface area is 199 Å². The number of anilines is 1. The Morgan fingerprint density at radius 1 is 1.12 bits per heavy atom. The number of hydrogen-bond acceptors (Lipinski definition) is 3. The topological polar surface area (TPSA) is 58.6 Å². The summed E-state index contributed by atoms with van der Waals surface area (Å²) in [6.07, 6.45) is -3.28. The Hall–Kier alpha value is -2.45. The van der Waals surface area contributed by atoms with Crippen molar-refractivity contribution in [2.45, 2.75) is 32.4 Å². The summed E-state index contributed by atoms with van der Waals surface area (Å²) in [6.45, 7) is 2.31. The van der Waals surface area contributed by atoms with Crippen molar-refractivity contribution in [1.29, 1.82) is 0 Å². The second-order valence-corrected chi connectivity index (χ2v) is 8.72. The zero-order valence-corrected chi connectivity index (χ0v) is 19.4. The lowest BCUT2D eigenvalue weighted by Crippen LogP contribution is -2.52. The molecule has 1 N–H and O–H groups in total. The fourth-order valence-electron chi connectivity index (χ4n) is 3.96. The minimum Gasteiger partial charge on any atom is -0.466 e. The minimum absolute atomic E-state index is 0.0554. The first-order valence-electron chi connectivity index (χ1n) is 10.4. The third kappa shape index (κ3) is 5.92. The van der Waals surface area contributed by atoms with Crippen LogP contribution in [-0.4, -0.2) is 36.6 Å². The molecule has 0 saturated carbocycles. The third-order valence-corrected chi connectivity index (χ3v) is 6.32. The third-order valence-electron chi connectivity index (χ3n) is 5.61. The highest BCUT2D eigenvalue weighted by molar-refractivity contribution is 6.36. The van der Waals surface area contributed by atoms with E-state index in [4.69, 9.17) is 27.9 Å². The predicted molar refractivity (Wildman–Crippen MR) is 121 cm³/mol. The maximum Gasteiger partial charge on any atom is 0.416 e. The van der Waals surface area contributed by atoms with Gasteiger partial charge in [0.15, 0.2) is 0 Å². The molecule has 0 bridgehead atoms. The van der Waals surface area contributed by atoms with Crippen LogP contribution in [0, 0.1) is 5.41 Å². The molecule has 0 aliphatic carbocycles. The van der Waals surface area contributed by atoms with Crippen LogP contribution in [0.1, 0.15) is 30.9 Å². The number of rotatable bonds is 5. The van der Waals surface area contributed by atoms with E-state index >= 15 is 0 Å². The van der Waals surface area contributed by atoms with Crippen LogP contribution >= 0.6 is 23.2 Å². The molecular formula is C23H23Cl2F3N2O3. The van der Waals surface area contributed by atoms with E-state index in [9.17, 15) is 22.8 Å². The van der Waals surface area contributed by atoms with Crippen molar-refractivity contribution in [3.05, 3.63) is 63.6 Å². The Kier molecular flexibility index (Phi) is 7.80. The molecule has 1 atom stereocenters. The van der Waals surface area contributed by atoms with Gasteiger partial charge < -0.3 is 15.0 Å². The second-order valence-electron chi connectivity index (χ2n) is 7.91. The standard InChI is InChI=1S/C23H23Cl2F3N2O3/c1-2-33-20(31)22(13-17-18(24)5-3-6-19(17)25)11-4-12-30(14-22)21(32)29-16-9-7-15(8-10-16)23(26,27)28/h3,5-10H,2,4,11-14H2,1H3,(H,29,32). The number of nitrogens with zero attached hydrogens (tertiary/aromatic N) is 1. The molecular weight excluding hydrogens is 480 g/mol. The SMILES string of the molecule is CCOC(=O)C1(Cc2c(Cl)cccc2Cl)CCCN(C(=O)Nc2ccc(C(F)(F)F)cc2)C1. The van der Waals surface area contributed by atoms with Crippen molar-refractivity contribution in [2.75, 3.05) is 25.0 Å². The first-order valence-corrected chi connectivity index (χ1v) is 11.1. The summed E-state index contributed by atoms with van der Waals surface area (Å²) < 4.78 is 43.7. The molecule has 1 aliphatic rings. The predicted octanol–water partition coefficient (Wildman–Crippen LogP) is 6.43. The summed E-state index contributed by atoms with van der Waals surface area (Å²) in [5.41, 5.74) is -1.05. The van der Waals surface area contributed by atoms with Gasteiger partial charge in [-0.05, 0) is 68.1 Å². The lowest BCUT2D eigenvalue weighted by molar-refractivity contribution is -0.158. The van der Waals surface area contributed by atoms with Crippen LogP contribution < -0.4 is 5.32 Å². The van der Waals surface area contributed by atoms with Crippen LogP contribution in [0.15, 0.2) is 42.5 Å². The summed E-state index contributed by atoms with van der Waals surface area (Å²) >= 11 is 12.7. The number of likely N-dealkylation sites (tertiary alicyclic amines) is 1. The van der Waals surface area contributed by atoms with E-state index in [1.165, 1.54) is 17.0 Å². The molecule has 0 radical (unpaired) electrons. The highest BCUT2D eigenvalue weighted by atomic mass is 35.5. The molecule has 1 aliphatic heterocycles. The second kappa shape index (κ2) is 10.2. The van der Waals surface area contributed by atoms with E-state index in [1.54, 1.807) is 25.1 Å². The van der Waals surface area contributed by atoms with E-state index < -0.39 is 29.2 Å². The molecule has 2 aromatic carbocycles. The van der Waals surface area contributed by atoms with Gasteiger partial charge in [0, 0.05) is 28.8 Å². The van der Waals surface area contributed by atoms with Crippen molar-refractivity contribution in [2.24, 2.45) is 5.41 Å². The maximum atomic E-state index is 13.0. The fraction of sp³-hybridized carbons (Fsp3) is 0.391. The van der Waals surface area contributed by atoms with Gasteiger partial charge in [0.2, 0.25) is 0 Å². The van der Waals surface area contributed by atoms with Crippen molar-refractivity contribution < 1.29 is 27.5 Å². The van der Waals surface area contributed by atoms with Gasteiger partial charge in [0.1, 0.15) is 0 Å². The van der Waals surface area contributed by atoms with E-state index in [2.05, 4.69) is 5.32 Å².